The van der Waals surface area contributed by atoms with E-state index in [0.717, 1.165) is 12.8 Å². The zero-order valence-corrected chi connectivity index (χ0v) is 21.0. The maximum absolute atomic E-state index is 13.4. The quantitative estimate of drug-likeness (QED) is 0.464. The summed E-state index contributed by atoms with van der Waals surface area (Å²) in [6.07, 6.45) is 1.01. The Kier molecular flexibility index (Phi) is 9.03. The van der Waals surface area contributed by atoms with Crippen LogP contribution in [-0.4, -0.2) is 99.0 Å². The smallest absolute Gasteiger partial charge is 0.270 e. The monoisotopic (exact) mass is 493 g/mol. The molecule has 11 heteroatoms. The van der Waals surface area contributed by atoms with E-state index in [1.807, 2.05) is 0 Å². The number of rotatable bonds is 3. The van der Waals surface area contributed by atoms with Crippen molar-refractivity contribution in [2.24, 2.45) is 5.92 Å². The minimum atomic E-state index is -0.562. The second kappa shape index (κ2) is 11.8. The SMILES string of the molecule is CO[C@H]1CN(C)C(=O)c2cc([N+](=O)[O-])ccc2OC[C@H]2O[C@@H](CC[C@H]2OC)CCN(C)C(=O)[C@H]1C. The molecule has 2 bridgehead atoms. The molecule has 11 nitrogen and oxygen atoms in total. The molecule has 1 aromatic rings. The number of methoxy groups -OCH3 is 2. The Balaban J connectivity index is 1.98. The van der Waals surface area contributed by atoms with Crippen molar-refractivity contribution in [2.75, 3.05) is 48.0 Å². The Morgan fingerprint density at radius 2 is 1.77 bits per heavy atom. The van der Waals surface area contributed by atoms with Gasteiger partial charge in [0.2, 0.25) is 5.91 Å². The van der Waals surface area contributed by atoms with Crippen LogP contribution in [0.1, 0.15) is 36.5 Å². The molecule has 0 unspecified atom stereocenters. The summed E-state index contributed by atoms with van der Waals surface area (Å²) in [7, 11) is 6.43. The number of carbonyl (C=O) groups excluding carboxylic acids is 2. The summed E-state index contributed by atoms with van der Waals surface area (Å²) in [5.41, 5.74) is -0.165. The van der Waals surface area contributed by atoms with Gasteiger partial charge in [0.05, 0.1) is 34.7 Å². The predicted octanol–water partition coefficient (Wildman–Crippen LogP) is 2.12. The van der Waals surface area contributed by atoms with Crippen molar-refractivity contribution in [3.63, 3.8) is 0 Å². The molecule has 1 fully saturated rings. The van der Waals surface area contributed by atoms with Gasteiger partial charge in [-0.05, 0) is 25.3 Å². The molecule has 0 spiro atoms. The van der Waals surface area contributed by atoms with E-state index in [1.54, 1.807) is 33.0 Å². The van der Waals surface area contributed by atoms with Gasteiger partial charge in [0.25, 0.3) is 11.6 Å². The van der Waals surface area contributed by atoms with Gasteiger partial charge in [-0.1, -0.05) is 6.92 Å². The second-order valence-electron chi connectivity index (χ2n) is 9.19. The summed E-state index contributed by atoms with van der Waals surface area (Å²) < 4.78 is 23.4. The van der Waals surface area contributed by atoms with Crippen LogP contribution in [0.2, 0.25) is 0 Å². The fourth-order valence-corrected chi connectivity index (χ4v) is 4.61. The average Bonchev–Trinajstić information content (AvgIpc) is 2.86. The number of carbonyl (C=O) groups is 2. The number of ether oxygens (including phenoxy) is 4. The number of benzene rings is 1. The Bertz CT molecular complexity index is 926. The number of hydrogen-bond acceptors (Lipinski definition) is 8. The third-order valence-electron chi connectivity index (χ3n) is 6.88. The number of fused-ring (bicyclic) bond motifs is 3. The lowest BCUT2D eigenvalue weighted by molar-refractivity contribution is -0.384. The molecule has 194 valence electrons. The number of nitro groups is 1. The number of nitro benzene ring substituents is 1. The number of amides is 2. The standard InChI is InChI=1S/C24H35N3O8/c1-15-21(33-5)13-26(3)24(29)18-12-16(27(30)31)6-8-19(18)34-14-22-20(32-4)9-7-17(35-22)10-11-25(2)23(15)28/h6,8,12,15,17,20-22H,7,9-11,13-14H2,1-5H3/t15-,17-,20+,21-,22+/m0/s1. The Morgan fingerprint density at radius 1 is 1.06 bits per heavy atom. The van der Waals surface area contributed by atoms with E-state index in [0.29, 0.717) is 13.0 Å². The molecule has 3 rings (SSSR count). The molecule has 1 saturated heterocycles. The maximum atomic E-state index is 13.4. The van der Waals surface area contributed by atoms with Gasteiger partial charge in [-0.3, -0.25) is 19.7 Å². The number of hydrogen-bond donors (Lipinski definition) is 0. The van der Waals surface area contributed by atoms with Crippen molar-refractivity contribution in [1.29, 1.82) is 0 Å². The van der Waals surface area contributed by atoms with Crippen molar-refractivity contribution < 1.29 is 33.5 Å². The van der Waals surface area contributed by atoms with Crippen LogP contribution < -0.4 is 4.74 Å². The zero-order chi connectivity index (χ0) is 25.7. The molecule has 0 saturated carbocycles. The maximum Gasteiger partial charge on any atom is 0.270 e. The van der Waals surface area contributed by atoms with Crippen LogP contribution in [0.25, 0.3) is 0 Å². The van der Waals surface area contributed by atoms with Crippen LogP contribution >= 0.6 is 0 Å². The second-order valence-corrected chi connectivity index (χ2v) is 9.19. The highest BCUT2D eigenvalue weighted by Crippen LogP contribution is 2.29. The largest absolute Gasteiger partial charge is 0.490 e. The normalized spacial score (nSPS) is 28.9. The molecule has 0 N–H and O–H groups in total. The molecular weight excluding hydrogens is 458 g/mol. The minimum absolute atomic E-state index is 0.0565. The molecule has 2 aliphatic rings. The van der Waals surface area contributed by atoms with Gasteiger partial charge in [-0.2, -0.15) is 0 Å². The van der Waals surface area contributed by atoms with E-state index in [4.69, 9.17) is 18.9 Å². The Hall–Kier alpha value is -2.76. The summed E-state index contributed by atoms with van der Waals surface area (Å²) in [6, 6.07) is 3.94. The summed E-state index contributed by atoms with van der Waals surface area (Å²) in [4.78, 5) is 40.3. The number of nitrogens with zero attached hydrogens (tertiary/aromatic N) is 3. The van der Waals surface area contributed by atoms with Gasteiger partial charge in [0.1, 0.15) is 18.5 Å². The fourth-order valence-electron chi connectivity index (χ4n) is 4.61. The molecule has 5 atom stereocenters. The lowest BCUT2D eigenvalue weighted by Crippen LogP contribution is -2.47. The van der Waals surface area contributed by atoms with E-state index in [-0.39, 0.29) is 54.4 Å². The number of non-ortho nitro benzene ring substituents is 1. The zero-order valence-electron chi connectivity index (χ0n) is 21.0. The van der Waals surface area contributed by atoms with Gasteiger partial charge in [0, 0.05) is 53.5 Å². The molecule has 2 amide bonds. The van der Waals surface area contributed by atoms with Gasteiger partial charge in [-0.15, -0.1) is 0 Å². The third kappa shape index (κ3) is 6.28. The highest BCUT2D eigenvalue weighted by atomic mass is 16.6. The lowest BCUT2D eigenvalue weighted by atomic mass is 9.98. The van der Waals surface area contributed by atoms with Crippen LogP contribution in [0.15, 0.2) is 18.2 Å². The molecule has 35 heavy (non-hydrogen) atoms. The fraction of sp³-hybridized carbons (Fsp3) is 0.667. The molecule has 0 radical (unpaired) electrons. The van der Waals surface area contributed by atoms with Crippen molar-refractivity contribution >= 4 is 17.5 Å². The first-order valence-electron chi connectivity index (χ1n) is 11.8. The van der Waals surface area contributed by atoms with Crippen LogP contribution in [0.4, 0.5) is 5.69 Å². The number of likely N-dealkylation sites (N-methyl/N-ethyl adjacent to an activating group) is 1. The summed E-state index contributed by atoms with van der Waals surface area (Å²) in [5.74, 6) is -0.854. The van der Waals surface area contributed by atoms with E-state index >= 15 is 0 Å². The van der Waals surface area contributed by atoms with Crippen LogP contribution in [-0.2, 0) is 19.0 Å². The van der Waals surface area contributed by atoms with Gasteiger partial charge in [-0.25, -0.2) is 0 Å². The van der Waals surface area contributed by atoms with Gasteiger partial charge in [0.15, 0.2) is 0 Å². The molecule has 2 heterocycles. The highest BCUT2D eigenvalue weighted by Gasteiger charge is 2.34. The van der Waals surface area contributed by atoms with E-state index in [1.165, 1.54) is 30.2 Å². The van der Waals surface area contributed by atoms with E-state index in [2.05, 4.69) is 0 Å². The van der Waals surface area contributed by atoms with E-state index < -0.39 is 22.9 Å². The van der Waals surface area contributed by atoms with Crippen molar-refractivity contribution in [1.82, 2.24) is 9.80 Å². The van der Waals surface area contributed by atoms with Crippen molar-refractivity contribution in [2.45, 2.75) is 50.6 Å². The average molecular weight is 494 g/mol. The van der Waals surface area contributed by atoms with Crippen LogP contribution in [0.3, 0.4) is 0 Å². The molecule has 0 aromatic heterocycles. The highest BCUT2D eigenvalue weighted by molar-refractivity contribution is 5.97. The molecule has 1 aromatic carbocycles. The molecule has 2 aliphatic heterocycles. The van der Waals surface area contributed by atoms with Gasteiger partial charge < -0.3 is 28.7 Å². The minimum Gasteiger partial charge on any atom is -0.490 e. The summed E-state index contributed by atoms with van der Waals surface area (Å²) >= 11 is 0. The summed E-state index contributed by atoms with van der Waals surface area (Å²) in [5, 5.41) is 11.4. The molecular formula is C24H35N3O8. The lowest BCUT2D eigenvalue weighted by Gasteiger charge is -2.37. The first-order chi connectivity index (χ1) is 16.7. The van der Waals surface area contributed by atoms with E-state index in [9.17, 15) is 19.7 Å². The Labute approximate surface area is 205 Å². The topological polar surface area (TPSA) is 121 Å². The van der Waals surface area contributed by atoms with Crippen LogP contribution in [0.5, 0.6) is 5.75 Å². The van der Waals surface area contributed by atoms with Crippen molar-refractivity contribution in [3.8, 4) is 5.75 Å². The summed E-state index contributed by atoms with van der Waals surface area (Å²) in [6.45, 7) is 2.53. The van der Waals surface area contributed by atoms with Crippen molar-refractivity contribution in [3.05, 3.63) is 33.9 Å². The Morgan fingerprint density at radius 3 is 2.43 bits per heavy atom. The van der Waals surface area contributed by atoms with Crippen LogP contribution in [0, 0.1) is 16.0 Å². The first-order valence-corrected chi connectivity index (χ1v) is 11.8. The molecule has 0 aliphatic carbocycles. The van der Waals surface area contributed by atoms with Gasteiger partial charge >= 0.3 is 0 Å². The third-order valence-corrected chi connectivity index (χ3v) is 6.88. The first kappa shape index (κ1) is 26.8. The predicted molar refractivity (Wildman–Crippen MR) is 126 cm³/mol.